The van der Waals surface area contributed by atoms with Crippen molar-refractivity contribution in [2.45, 2.75) is 39.7 Å². The molecule has 0 aromatic carbocycles. The van der Waals surface area contributed by atoms with Crippen LogP contribution in [0.4, 0.5) is 0 Å². The van der Waals surface area contributed by atoms with Gasteiger partial charge in [-0.15, -0.1) is 0 Å². The van der Waals surface area contributed by atoms with Crippen LogP contribution in [-0.4, -0.2) is 23.7 Å². The molecule has 3 heteroatoms. The number of rotatable bonds is 3. The molecule has 0 bridgehead atoms. The highest BCUT2D eigenvalue weighted by atomic mass is 16.3. The van der Waals surface area contributed by atoms with Gasteiger partial charge in [0.1, 0.15) is 0 Å². The Morgan fingerprint density at radius 2 is 2.08 bits per heavy atom. The number of hydrogen-bond donors (Lipinski definition) is 2. The molecule has 1 fully saturated rings. The van der Waals surface area contributed by atoms with E-state index in [2.05, 4.69) is 5.32 Å². The van der Waals surface area contributed by atoms with Gasteiger partial charge in [-0.05, 0) is 18.8 Å². The van der Waals surface area contributed by atoms with Crippen molar-refractivity contribution in [1.29, 1.82) is 0 Å². The summed E-state index contributed by atoms with van der Waals surface area (Å²) in [5.74, 6) is 0.437. The lowest BCUT2D eigenvalue weighted by atomic mass is 9.95. The molecule has 1 aliphatic rings. The number of nitrogens with one attached hydrogen (secondary N) is 1. The van der Waals surface area contributed by atoms with Crippen LogP contribution in [0, 0.1) is 11.3 Å². The molecular formula is C10H19NO2. The van der Waals surface area contributed by atoms with Gasteiger partial charge < -0.3 is 10.4 Å². The Hall–Kier alpha value is -0.570. The molecule has 0 aromatic heterocycles. The van der Waals surface area contributed by atoms with E-state index >= 15 is 0 Å². The van der Waals surface area contributed by atoms with Crippen molar-refractivity contribution in [1.82, 2.24) is 5.32 Å². The number of amides is 1. The summed E-state index contributed by atoms with van der Waals surface area (Å²) in [6.45, 7) is 6.00. The molecule has 0 saturated heterocycles. The summed E-state index contributed by atoms with van der Waals surface area (Å²) in [4.78, 5) is 11.4. The van der Waals surface area contributed by atoms with Gasteiger partial charge in [0.25, 0.3) is 0 Å². The lowest BCUT2D eigenvalue weighted by Gasteiger charge is -2.19. The fourth-order valence-electron chi connectivity index (χ4n) is 1.11. The quantitative estimate of drug-likeness (QED) is 0.687. The molecule has 1 saturated carbocycles. The van der Waals surface area contributed by atoms with Crippen molar-refractivity contribution in [3.05, 3.63) is 0 Å². The second kappa shape index (κ2) is 3.66. The number of hydrogen-bond acceptors (Lipinski definition) is 2. The smallest absolute Gasteiger partial charge is 0.225 e. The summed E-state index contributed by atoms with van der Waals surface area (Å²) in [6.07, 6.45) is 1.87. The van der Waals surface area contributed by atoms with Crippen LogP contribution in [0.15, 0.2) is 0 Å². The number of carbonyl (C=O) groups excluding carboxylic acids is 1. The zero-order valence-electron chi connectivity index (χ0n) is 8.63. The molecule has 2 N–H and O–H groups in total. The van der Waals surface area contributed by atoms with Crippen LogP contribution in [0.2, 0.25) is 0 Å². The monoisotopic (exact) mass is 185 g/mol. The SMILES string of the molecule is CC(C)(C)C(=O)NCC(O)C1CC1. The van der Waals surface area contributed by atoms with Gasteiger partial charge in [-0.1, -0.05) is 20.8 Å². The molecule has 0 spiro atoms. The largest absolute Gasteiger partial charge is 0.391 e. The van der Waals surface area contributed by atoms with E-state index in [0.29, 0.717) is 12.5 Å². The summed E-state index contributed by atoms with van der Waals surface area (Å²) >= 11 is 0. The number of carbonyl (C=O) groups is 1. The van der Waals surface area contributed by atoms with Crippen molar-refractivity contribution in [3.8, 4) is 0 Å². The topological polar surface area (TPSA) is 49.3 Å². The molecule has 1 unspecified atom stereocenters. The molecule has 76 valence electrons. The Morgan fingerprint density at radius 1 is 1.54 bits per heavy atom. The molecule has 1 atom stereocenters. The molecule has 13 heavy (non-hydrogen) atoms. The zero-order valence-corrected chi connectivity index (χ0v) is 8.63. The number of aliphatic hydroxyl groups excluding tert-OH is 1. The molecule has 0 aromatic rings. The highest BCUT2D eigenvalue weighted by molar-refractivity contribution is 5.81. The van der Waals surface area contributed by atoms with Gasteiger partial charge in [0.05, 0.1) is 6.10 Å². The molecule has 1 rings (SSSR count). The van der Waals surface area contributed by atoms with Crippen LogP contribution in [-0.2, 0) is 4.79 Å². The molecule has 0 aliphatic heterocycles. The Morgan fingerprint density at radius 3 is 2.46 bits per heavy atom. The van der Waals surface area contributed by atoms with Crippen molar-refractivity contribution < 1.29 is 9.90 Å². The van der Waals surface area contributed by atoms with Gasteiger partial charge in [-0.2, -0.15) is 0 Å². The van der Waals surface area contributed by atoms with E-state index < -0.39 is 0 Å². The fraction of sp³-hybridized carbons (Fsp3) is 0.900. The molecule has 0 heterocycles. The fourth-order valence-corrected chi connectivity index (χ4v) is 1.11. The van der Waals surface area contributed by atoms with Gasteiger partial charge in [0, 0.05) is 12.0 Å². The van der Waals surface area contributed by atoms with Crippen LogP contribution in [0.1, 0.15) is 33.6 Å². The Labute approximate surface area is 79.5 Å². The predicted molar refractivity (Wildman–Crippen MR) is 51.2 cm³/mol. The third-order valence-electron chi connectivity index (χ3n) is 2.32. The van der Waals surface area contributed by atoms with E-state index in [1.54, 1.807) is 0 Å². The van der Waals surface area contributed by atoms with Crippen LogP contribution in [0.25, 0.3) is 0 Å². The first-order valence-electron chi connectivity index (χ1n) is 4.87. The molecule has 3 nitrogen and oxygen atoms in total. The van der Waals surface area contributed by atoms with Crippen LogP contribution < -0.4 is 5.32 Å². The van der Waals surface area contributed by atoms with E-state index in [1.807, 2.05) is 20.8 Å². The Kier molecular flexibility index (Phi) is 2.96. The van der Waals surface area contributed by atoms with E-state index in [-0.39, 0.29) is 17.4 Å². The maximum absolute atomic E-state index is 11.4. The van der Waals surface area contributed by atoms with Gasteiger partial charge in [0.15, 0.2) is 0 Å². The normalized spacial score (nSPS) is 19.7. The van der Waals surface area contributed by atoms with E-state index in [4.69, 9.17) is 0 Å². The first-order valence-corrected chi connectivity index (χ1v) is 4.87. The third-order valence-corrected chi connectivity index (χ3v) is 2.32. The highest BCUT2D eigenvalue weighted by Gasteiger charge is 2.30. The van der Waals surface area contributed by atoms with Gasteiger partial charge in [-0.3, -0.25) is 4.79 Å². The van der Waals surface area contributed by atoms with Crippen LogP contribution in [0.5, 0.6) is 0 Å². The summed E-state index contributed by atoms with van der Waals surface area (Å²) in [5, 5.41) is 12.2. The maximum Gasteiger partial charge on any atom is 0.225 e. The predicted octanol–water partition coefficient (Wildman–Crippen LogP) is 0.920. The second-order valence-corrected chi connectivity index (χ2v) is 4.86. The highest BCUT2D eigenvalue weighted by Crippen LogP contribution is 2.32. The molecule has 1 aliphatic carbocycles. The van der Waals surface area contributed by atoms with Crippen LogP contribution in [0.3, 0.4) is 0 Å². The second-order valence-electron chi connectivity index (χ2n) is 4.86. The maximum atomic E-state index is 11.4. The zero-order chi connectivity index (χ0) is 10.1. The van der Waals surface area contributed by atoms with Gasteiger partial charge >= 0.3 is 0 Å². The van der Waals surface area contributed by atoms with E-state index in [1.165, 1.54) is 0 Å². The minimum Gasteiger partial charge on any atom is -0.391 e. The lowest BCUT2D eigenvalue weighted by Crippen LogP contribution is -2.39. The van der Waals surface area contributed by atoms with Gasteiger partial charge in [0.2, 0.25) is 5.91 Å². The Bertz CT molecular complexity index is 192. The minimum absolute atomic E-state index is 0.00667. The summed E-state index contributed by atoms with van der Waals surface area (Å²) in [7, 11) is 0. The standard InChI is InChI=1S/C10H19NO2/c1-10(2,3)9(13)11-6-8(12)7-4-5-7/h7-8,12H,4-6H2,1-3H3,(H,11,13). The van der Waals surface area contributed by atoms with Crippen molar-refractivity contribution in [2.75, 3.05) is 6.54 Å². The third kappa shape index (κ3) is 3.35. The number of aliphatic hydroxyl groups is 1. The first-order chi connectivity index (χ1) is 5.91. The van der Waals surface area contributed by atoms with Gasteiger partial charge in [-0.25, -0.2) is 0 Å². The summed E-state index contributed by atoms with van der Waals surface area (Å²) in [5.41, 5.74) is -0.358. The minimum atomic E-state index is -0.358. The van der Waals surface area contributed by atoms with Crippen molar-refractivity contribution >= 4 is 5.91 Å². The average molecular weight is 185 g/mol. The lowest BCUT2D eigenvalue weighted by molar-refractivity contribution is -0.129. The van der Waals surface area contributed by atoms with E-state index in [0.717, 1.165) is 12.8 Å². The average Bonchev–Trinajstić information content (AvgIpc) is 2.79. The van der Waals surface area contributed by atoms with E-state index in [9.17, 15) is 9.90 Å². The first kappa shape index (κ1) is 10.5. The summed E-state index contributed by atoms with van der Waals surface area (Å²) < 4.78 is 0. The Balaban J connectivity index is 2.21. The van der Waals surface area contributed by atoms with Crippen molar-refractivity contribution in [2.24, 2.45) is 11.3 Å². The molecular weight excluding hydrogens is 166 g/mol. The van der Waals surface area contributed by atoms with Crippen LogP contribution >= 0.6 is 0 Å². The van der Waals surface area contributed by atoms with Crippen molar-refractivity contribution in [3.63, 3.8) is 0 Å². The molecule has 0 radical (unpaired) electrons. The molecule has 1 amide bonds. The summed E-state index contributed by atoms with van der Waals surface area (Å²) in [6, 6.07) is 0.